The van der Waals surface area contributed by atoms with Gasteiger partial charge in [0.05, 0.1) is 16.6 Å². The van der Waals surface area contributed by atoms with Crippen LogP contribution in [-0.2, 0) is 16.2 Å². The van der Waals surface area contributed by atoms with Crippen LogP contribution >= 0.6 is 11.6 Å². The van der Waals surface area contributed by atoms with Gasteiger partial charge in [-0.25, -0.2) is 13.2 Å². The van der Waals surface area contributed by atoms with Crippen LogP contribution < -0.4 is 5.32 Å². The molecule has 1 saturated heterocycles. The Hall–Kier alpha value is -2.30. The molecule has 0 aliphatic carbocycles. The standard InChI is InChI=1S/C20H21ClF3N3O3S/c1-14(15-6-2-3-7-16(15)20(22,23)24)25-19(28)26-10-12-27(13-11-26)31(29,30)18-9-5-4-8-17(18)21/h2-9,14H,10-13H2,1H3,(H,25,28). The van der Waals surface area contributed by atoms with E-state index in [0.717, 1.165) is 6.07 Å². The van der Waals surface area contributed by atoms with Crippen LogP contribution in [0.15, 0.2) is 53.4 Å². The Morgan fingerprint density at radius 2 is 1.61 bits per heavy atom. The minimum atomic E-state index is -4.53. The van der Waals surface area contributed by atoms with E-state index in [0.29, 0.717) is 0 Å². The molecule has 2 amide bonds. The second-order valence-electron chi connectivity index (χ2n) is 7.08. The number of carbonyl (C=O) groups excluding carboxylic acids is 1. The molecule has 0 spiro atoms. The van der Waals surface area contributed by atoms with Gasteiger partial charge in [0.15, 0.2) is 0 Å². The van der Waals surface area contributed by atoms with Gasteiger partial charge in [-0.3, -0.25) is 0 Å². The maximum absolute atomic E-state index is 13.2. The zero-order chi connectivity index (χ0) is 22.8. The van der Waals surface area contributed by atoms with E-state index in [4.69, 9.17) is 11.6 Å². The SMILES string of the molecule is CC(NC(=O)N1CCN(S(=O)(=O)c2ccccc2Cl)CC1)c1ccccc1C(F)(F)F. The minimum absolute atomic E-state index is 0.00746. The molecule has 11 heteroatoms. The lowest BCUT2D eigenvalue weighted by molar-refractivity contribution is -0.138. The number of hydrogen-bond donors (Lipinski definition) is 1. The third-order valence-electron chi connectivity index (χ3n) is 5.05. The van der Waals surface area contributed by atoms with Crippen LogP contribution in [0.25, 0.3) is 0 Å². The molecular weight excluding hydrogens is 455 g/mol. The molecule has 6 nitrogen and oxygen atoms in total. The van der Waals surface area contributed by atoms with Gasteiger partial charge < -0.3 is 10.2 Å². The second kappa shape index (κ2) is 9.05. The number of urea groups is 1. The second-order valence-corrected chi connectivity index (χ2v) is 9.39. The largest absolute Gasteiger partial charge is 0.416 e. The predicted molar refractivity (Wildman–Crippen MR) is 110 cm³/mol. The monoisotopic (exact) mass is 475 g/mol. The number of rotatable bonds is 4. The van der Waals surface area contributed by atoms with Gasteiger partial charge in [-0.2, -0.15) is 17.5 Å². The lowest BCUT2D eigenvalue weighted by Gasteiger charge is -2.34. The highest BCUT2D eigenvalue weighted by Crippen LogP contribution is 2.34. The van der Waals surface area contributed by atoms with E-state index in [-0.39, 0.29) is 41.7 Å². The molecule has 3 rings (SSSR count). The molecule has 1 aliphatic rings. The molecule has 1 heterocycles. The summed E-state index contributed by atoms with van der Waals surface area (Å²) in [6.07, 6.45) is -4.53. The van der Waals surface area contributed by atoms with E-state index in [1.165, 1.54) is 46.5 Å². The van der Waals surface area contributed by atoms with Crippen LogP contribution in [0.1, 0.15) is 24.1 Å². The van der Waals surface area contributed by atoms with Crippen LogP contribution in [-0.4, -0.2) is 49.8 Å². The summed E-state index contributed by atoms with van der Waals surface area (Å²) < 4.78 is 66.5. The fourth-order valence-corrected chi connectivity index (χ4v) is 5.33. The van der Waals surface area contributed by atoms with Gasteiger partial charge in [-0.15, -0.1) is 0 Å². The number of alkyl halides is 3. The fourth-order valence-electron chi connectivity index (χ4n) is 3.41. The molecule has 168 valence electrons. The van der Waals surface area contributed by atoms with E-state index in [1.54, 1.807) is 12.1 Å². The summed E-state index contributed by atoms with van der Waals surface area (Å²) in [5.41, 5.74) is -0.846. The summed E-state index contributed by atoms with van der Waals surface area (Å²) in [5, 5.41) is 2.68. The zero-order valence-corrected chi connectivity index (χ0v) is 18.1. The summed E-state index contributed by atoms with van der Waals surface area (Å²) in [6.45, 7) is 1.77. The van der Waals surface area contributed by atoms with E-state index >= 15 is 0 Å². The van der Waals surface area contributed by atoms with Crippen LogP contribution in [0.4, 0.5) is 18.0 Å². The molecule has 31 heavy (non-hydrogen) atoms. The number of nitrogens with one attached hydrogen (secondary N) is 1. The van der Waals surface area contributed by atoms with Crippen molar-refractivity contribution in [1.29, 1.82) is 0 Å². The first-order chi connectivity index (χ1) is 14.5. The van der Waals surface area contributed by atoms with E-state index in [9.17, 15) is 26.4 Å². The van der Waals surface area contributed by atoms with Gasteiger partial charge >= 0.3 is 12.2 Å². The highest BCUT2D eigenvalue weighted by molar-refractivity contribution is 7.89. The maximum Gasteiger partial charge on any atom is 0.416 e. The Bertz CT molecular complexity index is 1050. The van der Waals surface area contributed by atoms with Crippen LogP contribution in [0.5, 0.6) is 0 Å². The van der Waals surface area contributed by atoms with E-state index in [2.05, 4.69) is 5.32 Å². The average molecular weight is 476 g/mol. The number of nitrogens with zero attached hydrogens (tertiary/aromatic N) is 2. The first-order valence-corrected chi connectivity index (χ1v) is 11.3. The summed E-state index contributed by atoms with van der Waals surface area (Å²) >= 11 is 6.01. The number of carbonyl (C=O) groups is 1. The van der Waals surface area contributed by atoms with Crippen LogP contribution in [0.2, 0.25) is 5.02 Å². The Morgan fingerprint density at radius 1 is 1.03 bits per heavy atom. The van der Waals surface area contributed by atoms with Gasteiger partial charge in [0, 0.05) is 26.2 Å². The van der Waals surface area contributed by atoms with Crippen molar-refractivity contribution < 1.29 is 26.4 Å². The lowest BCUT2D eigenvalue weighted by Crippen LogP contribution is -2.53. The number of halogens is 4. The fraction of sp³-hybridized carbons (Fsp3) is 0.350. The van der Waals surface area contributed by atoms with Gasteiger partial charge in [-0.1, -0.05) is 41.9 Å². The minimum Gasteiger partial charge on any atom is -0.331 e. The quantitative estimate of drug-likeness (QED) is 0.722. The Balaban J connectivity index is 1.64. The number of sulfonamides is 1. The van der Waals surface area contributed by atoms with E-state index in [1.807, 2.05) is 0 Å². The first-order valence-electron chi connectivity index (χ1n) is 9.48. The number of amides is 2. The van der Waals surface area contributed by atoms with Crippen molar-refractivity contribution in [3.8, 4) is 0 Å². The highest BCUT2D eigenvalue weighted by Gasteiger charge is 2.35. The molecule has 0 saturated carbocycles. The van der Waals surface area contributed by atoms with Crippen molar-refractivity contribution in [1.82, 2.24) is 14.5 Å². The molecule has 0 radical (unpaired) electrons. The van der Waals surface area contributed by atoms with Crippen molar-refractivity contribution in [3.05, 3.63) is 64.7 Å². The van der Waals surface area contributed by atoms with Crippen molar-refractivity contribution in [2.45, 2.75) is 24.0 Å². The summed E-state index contributed by atoms with van der Waals surface area (Å²) in [7, 11) is -3.81. The number of benzene rings is 2. The van der Waals surface area contributed by atoms with Gasteiger partial charge in [-0.05, 0) is 30.7 Å². The normalized spacial score (nSPS) is 16.7. The molecule has 1 N–H and O–H groups in total. The van der Waals surface area contributed by atoms with Crippen LogP contribution in [0.3, 0.4) is 0 Å². The van der Waals surface area contributed by atoms with Gasteiger partial charge in [0.1, 0.15) is 4.90 Å². The first kappa shape index (κ1) is 23.4. The van der Waals surface area contributed by atoms with Crippen molar-refractivity contribution in [3.63, 3.8) is 0 Å². The number of piperazine rings is 1. The third-order valence-corrected chi connectivity index (χ3v) is 7.45. The zero-order valence-electron chi connectivity index (χ0n) is 16.6. The summed E-state index contributed by atoms with van der Waals surface area (Å²) in [6, 6.07) is 9.72. The molecule has 0 bridgehead atoms. The lowest BCUT2D eigenvalue weighted by atomic mass is 10.0. The Labute approximate surface area is 183 Å². The van der Waals surface area contributed by atoms with Crippen LogP contribution in [0, 0.1) is 0 Å². The summed E-state index contributed by atoms with van der Waals surface area (Å²) in [5.74, 6) is 0. The predicted octanol–water partition coefficient (Wildman–Crippen LogP) is 4.14. The smallest absolute Gasteiger partial charge is 0.331 e. The molecule has 1 atom stereocenters. The molecule has 1 aliphatic heterocycles. The van der Waals surface area contributed by atoms with Crippen molar-refractivity contribution in [2.75, 3.05) is 26.2 Å². The Morgan fingerprint density at radius 3 is 2.23 bits per heavy atom. The Kier molecular flexibility index (Phi) is 6.82. The third kappa shape index (κ3) is 5.13. The molecule has 2 aromatic carbocycles. The van der Waals surface area contributed by atoms with Crippen molar-refractivity contribution in [2.24, 2.45) is 0 Å². The highest BCUT2D eigenvalue weighted by atomic mass is 35.5. The van der Waals surface area contributed by atoms with Gasteiger partial charge in [0.25, 0.3) is 0 Å². The molecule has 0 aromatic heterocycles. The maximum atomic E-state index is 13.2. The summed E-state index contributed by atoms with van der Waals surface area (Å²) in [4.78, 5) is 13.9. The number of hydrogen-bond acceptors (Lipinski definition) is 3. The molecular formula is C20H21ClF3N3O3S. The molecule has 2 aromatic rings. The van der Waals surface area contributed by atoms with Gasteiger partial charge in [0.2, 0.25) is 10.0 Å². The molecule has 1 unspecified atom stereocenters. The average Bonchev–Trinajstić information content (AvgIpc) is 2.73. The molecule has 1 fully saturated rings. The topological polar surface area (TPSA) is 69.7 Å². The van der Waals surface area contributed by atoms with E-state index < -0.39 is 33.8 Å². The van der Waals surface area contributed by atoms with Crippen molar-refractivity contribution >= 4 is 27.7 Å².